The van der Waals surface area contributed by atoms with Crippen molar-refractivity contribution < 1.29 is 8.42 Å². The molecule has 0 amide bonds. The van der Waals surface area contributed by atoms with Crippen molar-refractivity contribution in [2.75, 3.05) is 33.2 Å². The van der Waals surface area contributed by atoms with Gasteiger partial charge in [0.25, 0.3) is 10.2 Å². The Kier molecular flexibility index (Phi) is 5.00. The fraction of sp³-hybridized carbons (Fsp3) is 0.846. The second kappa shape index (κ2) is 6.35. The minimum Gasteiger partial charge on any atom is -0.314 e. The van der Waals surface area contributed by atoms with Crippen LogP contribution in [0.1, 0.15) is 32.6 Å². The van der Waals surface area contributed by atoms with Crippen LogP contribution in [0.25, 0.3) is 0 Å². The van der Waals surface area contributed by atoms with Crippen LogP contribution in [0.5, 0.6) is 0 Å². The van der Waals surface area contributed by atoms with Crippen LogP contribution < -0.4 is 5.32 Å². The lowest BCUT2D eigenvalue weighted by Crippen LogP contribution is -2.44. The molecule has 0 aromatic carbocycles. The van der Waals surface area contributed by atoms with Gasteiger partial charge in [0.05, 0.1) is 0 Å². The molecule has 5 nitrogen and oxygen atoms in total. The largest absolute Gasteiger partial charge is 0.314 e. The molecule has 1 aliphatic carbocycles. The molecular weight excluding hydrogens is 262 g/mol. The third kappa shape index (κ3) is 4.27. The highest BCUT2D eigenvalue weighted by atomic mass is 32.2. The molecule has 0 aromatic rings. The molecule has 0 unspecified atom stereocenters. The maximum Gasteiger partial charge on any atom is 0.282 e. The van der Waals surface area contributed by atoms with Crippen LogP contribution in [-0.4, -0.2) is 56.3 Å². The summed E-state index contributed by atoms with van der Waals surface area (Å²) in [6.45, 7) is 4.61. The molecule has 1 aliphatic heterocycles. The molecule has 0 spiro atoms. The molecule has 19 heavy (non-hydrogen) atoms. The number of nitrogens with zero attached hydrogens (tertiary/aromatic N) is 2. The van der Waals surface area contributed by atoms with Gasteiger partial charge in [-0.15, -0.1) is 0 Å². The van der Waals surface area contributed by atoms with E-state index in [0.717, 1.165) is 25.0 Å². The molecule has 0 bridgehead atoms. The first-order valence-electron chi connectivity index (χ1n) is 7.10. The Balaban J connectivity index is 1.78. The van der Waals surface area contributed by atoms with Crippen LogP contribution in [-0.2, 0) is 10.2 Å². The molecule has 2 rings (SSSR count). The lowest BCUT2D eigenvalue weighted by atomic mass is 10.2. The van der Waals surface area contributed by atoms with Gasteiger partial charge in [0.1, 0.15) is 0 Å². The maximum atomic E-state index is 12.4. The monoisotopic (exact) mass is 287 g/mol. The summed E-state index contributed by atoms with van der Waals surface area (Å²) in [6, 6.07) is 0.691. The normalized spacial score (nSPS) is 21.7. The topological polar surface area (TPSA) is 52.7 Å². The third-order valence-electron chi connectivity index (χ3n) is 3.68. The van der Waals surface area contributed by atoms with Crippen molar-refractivity contribution in [1.82, 2.24) is 13.9 Å². The minimum atomic E-state index is -3.28. The van der Waals surface area contributed by atoms with Crippen molar-refractivity contribution in [2.24, 2.45) is 0 Å². The summed E-state index contributed by atoms with van der Waals surface area (Å²) >= 11 is 0. The quantitative estimate of drug-likeness (QED) is 0.560. The van der Waals surface area contributed by atoms with Crippen LogP contribution in [0.15, 0.2) is 11.6 Å². The van der Waals surface area contributed by atoms with Gasteiger partial charge in [-0.05, 0) is 39.2 Å². The molecule has 1 fully saturated rings. The zero-order chi connectivity index (χ0) is 13.9. The number of nitrogens with one attached hydrogen (secondary N) is 1. The molecule has 0 radical (unpaired) electrons. The fourth-order valence-corrected chi connectivity index (χ4v) is 3.74. The number of hydrogen-bond donors (Lipinski definition) is 1. The summed E-state index contributed by atoms with van der Waals surface area (Å²) in [5.74, 6) is 0. The molecule has 2 aliphatic rings. The van der Waals surface area contributed by atoms with E-state index >= 15 is 0 Å². The molecule has 6 heteroatoms. The summed E-state index contributed by atoms with van der Waals surface area (Å²) in [6.07, 6.45) is 6.35. The van der Waals surface area contributed by atoms with Gasteiger partial charge in [-0.1, -0.05) is 11.6 Å². The Morgan fingerprint density at radius 3 is 2.84 bits per heavy atom. The van der Waals surface area contributed by atoms with Gasteiger partial charge in [-0.2, -0.15) is 17.0 Å². The first-order valence-corrected chi connectivity index (χ1v) is 8.50. The maximum absolute atomic E-state index is 12.4. The van der Waals surface area contributed by atoms with Crippen molar-refractivity contribution in [3.05, 3.63) is 11.6 Å². The van der Waals surface area contributed by atoms with E-state index in [1.165, 1.54) is 17.1 Å². The Morgan fingerprint density at radius 2 is 2.21 bits per heavy atom. The predicted octanol–water partition coefficient (Wildman–Crippen LogP) is 0.957. The average molecular weight is 287 g/mol. The Bertz CT molecular complexity index is 429. The summed E-state index contributed by atoms with van der Waals surface area (Å²) in [5.41, 5.74) is 1.14. The highest BCUT2D eigenvalue weighted by Gasteiger charge is 2.28. The predicted molar refractivity (Wildman–Crippen MR) is 77.1 cm³/mol. The van der Waals surface area contributed by atoms with E-state index in [4.69, 9.17) is 0 Å². The zero-order valence-corrected chi connectivity index (χ0v) is 12.7. The van der Waals surface area contributed by atoms with Gasteiger partial charge in [-0.25, -0.2) is 0 Å². The van der Waals surface area contributed by atoms with Crippen LogP contribution in [0.2, 0.25) is 0 Å². The van der Waals surface area contributed by atoms with Crippen LogP contribution in [0.4, 0.5) is 0 Å². The third-order valence-corrected chi connectivity index (χ3v) is 5.61. The molecule has 0 saturated heterocycles. The average Bonchev–Trinajstić information content (AvgIpc) is 3.18. The standard InChI is InChI=1S/C13H25N3O2S/c1-12-5-3-10-16(11-12)19(17,18)15(2)9-4-8-14-13-6-7-13/h5,13-14H,3-4,6-11H2,1-2H3. The van der Waals surface area contributed by atoms with Gasteiger partial charge in [0, 0.05) is 32.7 Å². The molecule has 1 N–H and O–H groups in total. The number of hydrogen-bond acceptors (Lipinski definition) is 3. The highest BCUT2D eigenvalue weighted by Crippen LogP contribution is 2.18. The summed E-state index contributed by atoms with van der Waals surface area (Å²) in [4.78, 5) is 0. The summed E-state index contributed by atoms with van der Waals surface area (Å²) < 4.78 is 27.8. The van der Waals surface area contributed by atoms with Crippen LogP contribution in [0, 0.1) is 0 Å². The lowest BCUT2D eigenvalue weighted by Gasteiger charge is -2.29. The van der Waals surface area contributed by atoms with Gasteiger partial charge in [0.15, 0.2) is 0 Å². The molecule has 110 valence electrons. The van der Waals surface area contributed by atoms with Crippen LogP contribution in [0.3, 0.4) is 0 Å². The minimum absolute atomic E-state index is 0.535. The summed E-state index contributed by atoms with van der Waals surface area (Å²) in [5, 5.41) is 3.41. The van der Waals surface area contributed by atoms with Crippen molar-refractivity contribution in [1.29, 1.82) is 0 Å². The Labute approximate surface area is 116 Å². The van der Waals surface area contributed by atoms with Crippen molar-refractivity contribution in [3.8, 4) is 0 Å². The second-order valence-corrected chi connectivity index (χ2v) is 7.62. The van der Waals surface area contributed by atoms with E-state index in [-0.39, 0.29) is 0 Å². The SMILES string of the molecule is CC1=CCCN(S(=O)(=O)N(C)CCCNC2CC2)C1. The van der Waals surface area contributed by atoms with E-state index in [1.54, 1.807) is 11.4 Å². The Hall–Kier alpha value is -0.430. The van der Waals surface area contributed by atoms with E-state index < -0.39 is 10.2 Å². The second-order valence-electron chi connectivity index (χ2n) is 5.58. The molecular formula is C13H25N3O2S. The Morgan fingerprint density at radius 1 is 1.47 bits per heavy atom. The van der Waals surface area contributed by atoms with Crippen molar-refractivity contribution in [2.45, 2.75) is 38.6 Å². The molecule has 0 aromatic heterocycles. The summed E-state index contributed by atoms with van der Waals surface area (Å²) in [7, 11) is -1.60. The van der Waals surface area contributed by atoms with Crippen LogP contribution >= 0.6 is 0 Å². The van der Waals surface area contributed by atoms with Gasteiger partial charge < -0.3 is 5.32 Å². The first-order chi connectivity index (χ1) is 9.00. The van der Waals surface area contributed by atoms with Crippen molar-refractivity contribution >= 4 is 10.2 Å². The molecule has 0 atom stereocenters. The lowest BCUT2D eigenvalue weighted by molar-refractivity contribution is 0.364. The van der Waals surface area contributed by atoms with E-state index in [9.17, 15) is 8.42 Å². The highest BCUT2D eigenvalue weighted by molar-refractivity contribution is 7.86. The van der Waals surface area contributed by atoms with E-state index in [1.807, 2.05) is 6.92 Å². The number of rotatable bonds is 7. The molecule has 1 heterocycles. The zero-order valence-electron chi connectivity index (χ0n) is 11.9. The van der Waals surface area contributed by atoms with E-state index in [0.29, 0.717) is 25.7 Å². The van der Waals surface area contributed by atoms with Crippen molar-refractivity contribution in [3.63, 3.8) is 0 Å². The van der Waals surface area contributed by atoms with E-state index in [2.05, 4.69) is 11.4 Å². The smallest absolute Gasteiger partial charge is 0.282 e. The first kappa shape index (κ1) is 15.0. The van der Waals surface area contributed by atoms with Gasteiger partial charge in [0.2, 0.25) is 0 Å². The fourth-order valence-electron chi connectivity index (χ4n) is 2.28. The molecule has 1 saturated carbocycles. The van der Waals surface area contributed by atoms with Gasteiger partial charge in [-0.3, -0.25) is 0 Å². The van der Waals surface area contributed by atoms with Gasteiger partial charge >= 0.3 is 0 Å².